The number of halogens is 2. The minimum absolute atomic E-state index is 0. The van der Waals surface area contributed by atoms with Crippen LogP contribution in [0, 0.1) is 11.2 Å². The summed E-state index contributed by atoms with van der Waals surface area (Å²) in [6, 6.07) is 4.50. The number of carbonyl (C=O) groups excluding carboxylic acids is 1. The highest BCUT2D eigenvalue weighted by Crippen LogP contribution is 2.45. The van der Waals surface area contributed by atoms with Gasteiger partial charge in [-0.05, 0) is 70.8 Å². The highest BCUT2D eigenvalue weighted by molar-refractivity contribution is 5.94. The molecule has 0 aliphatic carbocycles. The summed E-state index contributed by atoms with van der Waals surface area (Å²) >= 11 is 0. The number of hydrogen-bond donors (Lipinski definition) is 1. The van der Waals surface area contributed by atoms with Crippen LogP contribution in [0.25, 0.3) is 0 Å². The molecule has 3 aliphatic heterocycles. The normalized spacial score (nSPS) is 22.8. The highest BCUT2D eigenvalue weighted by Gasteiger charge is 2.46. The van der Waals surface area contributed by atoms with Crippen molar-refractivity contribution in [1.29, 1.82) is 0 Å². The van der Waals surface area contributed by atoms with E-state index in [4.69, 9.17) is 15.2 Å². The predicted octanol–water partition coefficient (Wildman–Crippen LogP) is 3.72. The first kappa shape index (κ1) is 29.5. The third-order valence-electron chi connectivity index (χ3n) is 8.29. The molecule has 3 saturated heterocycles. The lowest BCUT2D eigenvalue weighted by Gasteiger charge is -2.54. The summed E-state index contributed by atoms with van der Waals surface area (Å²) in [7, 11) is 1.70. The van der Waals surface area contributed by atoms with E-state index >= 15 is 0 Å². The van der Waals surface area contributed by atoms with Gasteiger partial charge in [-0.3, -0.25) is 4.79 Å². The van der Waals surface area contributed by atoms with Gasteiger partial charge in [-0.25, -0.2) is 14.4 Å². The van der Waals surface area contributed by atoms with Gasteiger partial charge >= 0.3 is 0 Å². The maximum absolute atomic E-state index is 14.9. The van der Waals surface area contributed by atoms with Crippen molar-refractivity contribution in [3.8, 4) is 11.5 Å². The number of likely N-dealkylation sites (tertiary alicyclic amines) is 1. The second kappa shape index (κ2) is 12.3. The van der Waals surface area contributed by atoms with E-state index in [2.05, 4.69) is 19.8 Å². The fraction of sp³-hybridized carbons (Fsp3) is 0.607. The van der Waals surface area contributed by atoms with Crippen LogP contribution in [0.3, 0.4) is 0 Å². The average molecular weight is 563 g/mol. The molecule has 5 rings (SSSR count). The van der Waals surface area contributed by atoms with Crippen LogP contribution in [-0.2, 0) is 4.74 Å². The van der Waals surface area contributed by atoms with E-state index in [1.165, 1.54) is 18.5 Å². The lowest BCUT2D eigenvalue weighted by atomic mass is 9.72. The van der Waals surface area contributed by atoms with Crippen LogP contribution < -0.4 is 15.4 Å². The SMILES string of the molecule is CC(C)N(C)C(=O)c1ccc(Oc2cncnc2N2CC3(CCN(C[C@@H]4CC[C@@H](N)CO4)CC3)C2)c(F)c1.Cl. The van der Waals surface area contributed by atoms with Crippen molar-refractivity contribution in [3.63, 3.8) is 0 Å². The van der Waals surface area contributed by atoms with E-state index in [0.717, 1.165) is 58.4 Å². The van der Waals surface area contributed by atoms with Crippen molar-refractivity contribution in [3.05, 3.63) is 42.1 Å². The van der Waals surface area contributed by atoms with Crippen LogP contribution in [0.15, 0.2) is 30.7 Å². The molecule has 11 heteroatoms. The quantitative estimate of drug-likeness (QED) is 0.545. The fourth-order valence-corrected chi connectivity index (χ4v) is 5.59. The van der Waals surface area contributed by atoms with Gasteiger partial charge in [0.25, 0.3) is 5.91 Å². The zero-order valence-electron chi connectivity index (χ0n) is 23.0. The minimum atomic E-state index is -0.598. The van der Waals surface area contributed by atoms with E-state index in [0.29, 0.717) is 24.3 Å². The largest absolute Gasteiger partial charge is 0.449 e. The summed E-state index contributed by atoms with van der Waals surface area (Å²) in [5, 5.41) is 0. The van der Waals surface area contributed by atoms with Crippen molar-refractivity contribution in [2.45, 2.75) is 57.7 Å². The first-order chi connectivity index (χ1) is 18.2. The van der Waals surface area contributed by atoms with Gasteiger partial charge in [-0.15, -0.1) is 12.4 Å². The number of nitrogens with zero attached hydrogens (tertiary/aromatic N) is 5. The number of aromatic nitrogens is 2. The van der Waals surface area contributed by atoms with Gasteiger partial charge in [0.05, 0.1) is 18.9 Å². The van der Waals surface area contributed by atoms with Crippen molar-refractivity contribution in [2.75, 3.05) is 51.3 Å². The summed E-state index contributed by atoms with van der Waals surface area (Å²) in [4.78, 5) is 27.4. The van der Waals surface area contributed by atoms with Crippen molar-refractivity contribution < 1.29 is 18.7 Å². The summed E-state index contributed by atoms with van der Waals surface area (Å²) in [6.45, 7) is 9.39. The third-order valence-corrected chi connectivity index (χ3v) is 8.29. The van der Waals surface area contributed by atoms with Crippen molar-refractivity contribution in [2.24, 2.45) is 11.1 Å². The second-order valence-corrected chi connectivity index (χ2v) is 11.4. The number of amides is 1. The second-order valence-electron chi connectivity index (χ2n) is 11.4. The van der Waals surface area contributed by atoms with Crippen LogP contribution in [-0.4, -0.2) is 90.2 Å². The van der Waals surface area contributed by atoms with E-state index in [1.54, 1.807) is 24.2 Å². The van der Waals surface area contributed by atoms with E-state index in [9.17, 15) is 9.18 Å². The smallest absolute Gasteiger partial charge is 0.253 e. The van der Waals surface area contributed by atoms with Crippen LogP contribution in [0.5, 0.6) is 11.5 Å². The summed E-state index contributed by atoms with van der Waals surface area (Å²) in [5.74, 6) is 0.281. The Morgan fingerprint density at radius 1 is 1.26 bits per heavy atom. The van der Waals surface area contributed by atoms with Gasteiger partial charge in [0.15, 0.2) is 23.1 Å². The summed E-state index contributed by atoms with van der Waals surface area (Å²) in [5.41, 5.74) is 6.51. The number of hydrogen-bond acceptors (Lipinski definition) is 8. The number of piperidine rings is 1. The first-order valence-electron chi connectivity index (χ1n) is 13.6. The van der Waals surface area contributed by atoms with E-state index in [1.807, 2.05) is 13.8 Å². The average Bonchev–Trinajstić information content (AvgIpc) is 2.90. The van der Waals surface area contributed by atoms with Gasteiger partial charge in [-0.2, -0.15) is 0 Å². The third kappa shape index (κ3) is 6.62. The van der Waals surface area contributed by atoms with Crippen LogP contribution >= 0.6 is 12.4 Å². The van der Waals surface area contributed by atoms with Crippen LogP contribution in [0.1, 0.15) is 49.9 Å². The van der Waals surface area contributed by atoms with Crippen molar-refractivity contribution >= 4 is 24.1 Å². The molecule has 1 aromatic heterocycles. The van der Waals surface area contributed by atoms with Gasteiger partial charge in [-0.1, -0.05) is 0 Å². The standard InChI is InChI=1S/C28H39FN6O3.ClH/c1-19(2)33(3)27(36)20-4-7-24(23(29)12-20)38-25-13-31-18-32-26(25)35-16-28(17-35)8-10-34(11-9-28)14-22-6-5-21(30)15-37-22;/h4,7,12-13,18-19,21-22H,5-6,8-11,14-17,30H2,1-3H3;1H/t21-,22+;/m1./s1. The Morgan fingerprint density at radius 3 is 2.64 bits per heavy atom. The molecule has 2 aromatic rings. The Bertz CT molecular complexity index is 1130. The molecule has 4 heterocycles. The number of anilines is 1. The fourth-order valence-electron chi connectivity index (χ4n) is 5.59. The maximum atomic E-state index is 14.9. The van der Waals surface area contributed by atoms with Crippen LogP contribution in [0.4, 0.5) is 10.2 Å². The Kier molecular flexibility index (Phi) is 9.31. The lowest BCUT2D eigenvalue weighted by Crippen LogP contribution is -2.61. The predicted molar refractivity (Wildman–Crippen MR) is 150 cm³/mol. The molecular formula is C28H40ClFN6O3. The summed E-state index contributed by atoms with van der Waals surface area (Å²) in [6.07, 6.45) is 7.70. The Labute approximate surface area is 236 Å². The molecule has 39 heavy (non-hydrogen) atoms. The topological polar surface area (TPSA) is 97.1 Å². The number of ether oxygens (including phenoxy) is 2. The van der Waals surface area contributed by atoms with Gasteiger partial charge in [0.1, 0.15) is 6.33 Å². The number of benzene rings is 1. The van der Waals surface area contributed by atoms with Crippen molar-refractivity contribution in [1.82, 2.24) is 19.8 Å². The Morgan fingerprint density at radius 2 is 2.00 bits per heavy atom. The molecule has 3 fully saturated rings. The molecule has 3 aliphatic rings. The number of rotatable bonds is 7. The molecule has 2 atom stereocenters. The molecule has 0 radical (unpaired) electrons. The highest BCUT2D eigenvalue weighted by atomic mass is 35.5. The lowest BCUT2D eigenvalue weighted by molar-refractivity contribution is -0.0277. The molecular weight excluding hydrogens is 523 g/mol. The van der Waals surface area contributed by atoms with Gasteiger partial charge in [0.2, 0.25) is 0 Å². The summed E-state index contributed by atoms with van der Waals surface area (Å²) < 4.78 is 26.8. The van der Waals surface area contributed by atoms with E-state index in [-0.39, 0.29) is 47.1 Å². The Hall–Kier alpha value is -2.53. The molecule has 0 unspecified atom stereocenters. The molecule has 0 bridgehead atoms. The van der Waals surface area contributed by atoms with Gasteiger partial charge in [0, 0.05) is 49.7 Å². The zero-order valence-corrected chi connectivity index (χ0v) is 23.8. The molecule has 9 nitrogen and oxygen atoms in total. The molecule has 214 valence electrons. The van der Waals surface area contributed by atoms with Crippen LogP contribution in [0.2, 0.25) is 0 Å². The van der Waals surface area contributed by atoms with Gasteiger partial charge < -0.3 is 29.9 Å². The first-order valence-corrected chi connectivity index (χ1v) is 13.6. The minimum Gasteiger partial charge on any atom is -0.449 e. The molecule has 0 saturated carbocycles. The number of nitrogens with two attached hydrogens (primary N) is 1. The Balaban J connectivity index is 0.00000353. The zero-order chi connectivity index (χ0) is 26.9. The number of carbonyl (C=O) groups is 1. The molecule has 1 spiro atoms. The molecule has 1 amide bonds. The van der Waals surface area contributed by atoms with E-state index < -0.39 is 5.82 Å². The molecule has 1 aromatic carbocycles. The molecule has 2 N–H and O–H groups in total. The monoisotopic (exact) mass is 562 g/mol. The maximum Gasteiger partial charge on any atom is 0.253 e.